The topological polar surface area (TPSA) is 71.5 Å². The first-order chi connectivity index (χ1) is 8.70. The summed E-state index contributed by atoms with van der Waals surface area (Å²) in [6, 6.07) is 4.54. The minimum Gasteiger partial charge on any atom is -0.507 e. The van der Waals surface area contributed by atoms with Gasteiger partial charge in [0.05, 0.1) is 30.4 Å². The molecule has 0 unspecified atom stereocenters. The highest BCUT2D eigenvalue weighted by Gasteiger charge is 2.11. The molecule has 1 aromatic heterocycles. The number of hydrogen-bond acceptors (Lipinski definition) is 5. The molecule has 0 spiro atoms. The number of ether oxygens (including phenoxy) is 1. The monoisotopic (exact) mass is 264 g/mol. The van der Waals surface area contributed by atoms with Crippen LogP contribution in [0.25, 0.3) is 0 Å². The first kappa shape index (κ1) is 12.4. The van der Waals surface area contributed by atoms with Gasteiger partial charge in [-0.05, 0) is 12.1 Å². The number of phenols is 1. The molecule has 1 amide bonds. The van der Waals surface area contributed by atoms with Crippen molar-refractivity contribution in [3.8, 4) is 11.5 Å². The molecule has 1 aromatic carbocycles. The number of thiazole rings is 1. The first-order valence-electron chi connectivity index (χ1n) is 5.23. The normalized spacial score (nSPS) is 10.1. The summed E-state index contributed by atoms with van der Waals surface area (Å²) in [7, 11) is 1.50. The Morgan fingerprint density at radius 1 is 1.56 bits per heavy atom. The van der Waals surface area contributed by atoms with Crippen molar-refractivity contribution in [1.82, 2.24) is 10.3 Å². The largest absolute Gasteiger partial charge is 0.507 e. The Hall–Kier alpha value is -2.08. The predicted octanol–water partition coefficient (Wildman–Crippen LogP) is 1.79. The van der Waals surface area contributed by atoms with Crippen molar-refractivity contribution in [2.24, 2.45) is 0 Å². The molecule has 0 saturated carbocycles. The third kappa shape index (κ3) is 2.78. The van der Waals surface area contributed by atoms with Crippen LogP contribution in [0, 0.1) is 0 Å². The molecule has 2 N–H and O–H groups in total. The molecule has 2 aromatic rings. The van der Waals surface area contributed by atoms with Crippen molar-refractivity contribution < 1.29 is 14.6 Å². The lowest BCUT2D eigenvalue weighted by Crippen LogP contribution is -2.22. The fourth-order valence-electron chi connectivity index (χ4n) is 1.42. The summed E-state index contributed by atoms with van der Waals surface area (Å²) in [5.74, 6) is 0.0526. The number of phenolic OH excluding ortho intramolecular Hbond substituents is 1. The summed E-state index contributed by atoms with van der Waals surface area (Å²) in [6.45, 7) is 0.341. The number of carbonyl (C=O) groups excluding carboxylic acids is 1. The molecule has 2 rings (SSSR count). The number of nitrogens with zero attached hydrogens (tertiary/aromatic N) is 1. The van der Waals surface area contributed by atoms with Crippen molar-refractivity contribution >= 4 is 17.2 Å². The predicted molar refractivity (Wildman–Crippen MR) is 67.9 cm³/mol. The minimum absolute atomic E-state index is 0.106. The van der Waals surface area contributed by atoms with Gasteiger partial charge in [-0.15, -0.1) is 11.3 Å². The molecule has 0 fully saturated rings. The summed E-state index contributed by atoms with van der Waals surface area (Å²) in [4.78, 5) is 15.9. The maximum absolute atomic E-state index is 11.8. The standard InChI is InChI=1S/C12H12N2O3S/c1-17-9-2-3-10(11(15)4-9)12(16)13-5-8-6-18-7-14-8/h2-4,6-7,15H,5H2,1H3,(H,13,16). The Morgan fingerprint density at radius 2 is 2.39 bits per heavy atom. The second-order valence-electron chi connectivity index (χ2n) is 3.55. The van der Waals surface area contributed by atoms with E-state index in [1.54, 1.807) is 11.6 Å². The van der Waals surface area contributed by atoms with E-state index in [1.807, 2.05) is 5.38 Å². The van der Waals surface area contributed by atoms with Gasteiger partial charge in [0, 0.05) is 11.4 Å². The van der Waals surface area contributed by atoms with Gasteiger partial charge in [0.25, 0.3) is 5.91 Å². The summed E-state index contributed by atoms with van der Waals surface area (Å²) < 4.78 is 4.95. The van der Waals surface area contributed by atoms with E-state index in [4.69, 9.17) is 4.74 Å². The summed E-state index contributed by atoms with van der Waals surface area (Å²) in [6.07, 6.45) is 0. The lowest BCUT2D eigenvalue weighted by atomic mass is 10.2. The van der Waals surface area contributed by atoms with E-state index in [1.165, 1.54) is 30.6 Å². The Bertz CT molecular complexity index is 540. The van der Waals surface area contributed by atoms with Crippen LogP contribution in [0.15, 0.2) is 29.1 Å². The van der Waals surface area contributed by atoms with Gasteiger partial charge >= 0.3 is 0 Å². The highest BCUT2D eigenvalue weighted by molar-refractivity contribution is 7.07. The van der Waals surface area contributed by atoms with Crippen molar-refractivity contribution in [2.45, 2.75) is 6.54 Å². The van der Waals surface area contributed by atoms with Gasteiger partial charge < -0.3 is 15.2 Å². The molecule has 0 saturated heterocycles. The van der Waals surface area contributed by atoms with Gasteiger partial charge in [-0.2, -0.15) is 0 Å². The van der Waals surface area contributed by atoms with E-state index < -0.39 is 0 Å². The summed E-state index contributed by atoms with van der Waals surface area (Å²) >= 11 is 1.47. The van der Waals surface area contributed by atoms with E-state index in [-0.39, 0.29) is 17.2 Å². The van der Waals surface area contributed by atoms with Gasteiger partial charge in [0.15, 0.2) is 0 Å². The van der Waals surface area contributed by atoms with Crippen molar-refractivity contribution in [3.05, 3.63) is 40.3 Å². The van der Waals surface area contributed by atoms with Gasteiger partial charge in [-0.3, -0.25) is 4.79 Å². The van der Waals surface area contributed by atoms with E-state index in [0.29, 0.717) is 12.3 Å². The van der Waals surface area contributed by atoms with Crippen LogP contribution in [0.2, 0.25) is 0 Å². The average molecular weight is 264 g/mol. The second kappa shape index (κ2) is 5.50. The van der Waals surface area contributed by atoms with E-state index in [9.17, 15) is 9.90 Å². The number of aromatic hydroxyl groups is 1. The third-order valence-corrected chi connectivity index (χ3v) is 3.00. The molecular weight excluding hydrogens is 252 g/mol. The maximum atomic E-state index is 11.8. The highest BCUT2D eigenvalue weighted by Crippen LogP contribution is 2.23. The highest BCUT2D eigenvalue weighted by atomic mass is 32.1. The number of aromatic nitrogens is 1. The lowest BCUT2D eigenvalue weighted by Gasteiger charge is -2.07. The van der Waals surface area contributed by atoms with Gasteiger partial charge in [0.1, 0.15) is 11.5 Å². The molecule has 0 bridgehead atoms. The van der Waals surface area contributed by atoms with Crippen LogP contribution in [0.4, 0.5) is 0 Å². The van der Waals surface area contributed by atoms with E-state index in [0.717, 1.165) is 5.69 Å². The molecule has 0 radical (unpaired) electrons. The molecule has 94 valence electrons. The zero-order valence-corrected chi connectivity index (χ0v) is 10.5. The Morgan fingerprint density at radius 3 is 3.00 bits per heavy atom. The van der Waals surface area contributed by atoms with Crippen LogP contribution in [-0.4, -0.2) is 23.1 Å². The molecular formula is C12H12N2O3S. The Balaban J connectivity index is 2.04. The molecule has 6 heteroatoms. The van der Waals surface area contributed by atoms with Crippen molar-refractivity contribution in [1.29, 1.82) is 0 Å². The minimum atomic E-state index is -0.344. The number of methoxy groups -OCH3 is 1. The van der Waals surface area contributed by atoms with Crippen LogP contribution < -0.4 is 10.1 Å². The molecule has 0 atom stereocenters. The molecule has 1 heterocycles. The molecule has 18 heavy (non-hydrogen) atoms. The van der Waals surface area contributed by atoms with Crippen LogP contribution >= 0.6 is 11.3 Å². The third-order valence-electron chi connectivity index (χ3n) is 2.36. The van der Waals surface area contributed by atoms with Crippen LogP contribution in [0.1, 0.15) is 16.1 Å². The average Bonchev–Trinajstić information content (AvgIpc) is 2.88. The Labute approximate surface area is 108 Å². The van der Waals surface area contributed by atoms with Gasteiger partial charge in [0.2, 0.25) is 0 Å². The SMILES string of the molecule is COc1ccc(C(=O)NCc2cscn2)c(O)c1. The zero-order chi connectivity index (χ0) is 13.0. The van der Waals surface area contributed by atoms with Gasteiger partial charge in [-0.25, -0.2) is 4.98 Å². The zero-order valence-electron chi connectivity index (χ0n) is 9.71. The quantitative estimate of drug-likeness (QED) is 0.883. The van der Waals surface area contributed by atoms with Crippen LogP contribution in [0.3, 0.4) is 0 Å². The Kier molecular flexibility index (Phi) is 3.78. The lowest BCUT2D eigenvalue weighted by molar-refractivity contribution is 0.0948. The number of amides is 1. The van der Waals surface area contributed by atoms with Crippen LogP contribution in [-0.2, 0) is 6.54 Å². The maximum Gasteiger partial charge on any atom is 0.255 e. The van der Waals surface area contributed by atoms with Crippen molar-refractivity contribution in [3.63, 3.8) is 0 Å². The first-order valence-corrected chi connectivity index (χ1v) is 6.17. The number of carbonyl (C=O) groups is 1. The van der Waals surface area contributed by atoms with E-state index >= 15 is 0 Å². The summed E-state index contributed by atoms with van der Waals surface area (Å²) in [5.41, 5.74) is 2.71. The summed E-state index contributed by atoms with van der Waals surface area (Å²) in [5, 5.41) is 14.2. The second-order valence-corrected chi connectivity index (χ2v) is 4.26. The molecule has 0 aliphatic rings. The number of benzene rings is 1. The van der Waals surface area contributed by atoms with Crippen molar-refractivity contribution in [2.75, 3.05) is 7.11 Å². The fourth-order valence-corrected chi connectivity index (χ4v) is 1.98. The van der Waals surface area contributed by atoms with Crippen LogP contribution in [0.5, 0.6) is 11.5 Å². The molecule has 5 nitrogen and oxygen atoms in total. The number of hydrogen-bond donors (Lipinski definition) is 2. The van der Waals surface area contributed by atoms with E-state index in [2.05, 4.69) is 10.3 Å². The smallest absolute Gasteiger partial charge is 0.255 e. The molecule has 0 aliphatic heterocycles. The van der Waals surface area contributed by atoms with Gasteiger partial charge in [-0.1, -0.05) is 0 Å². The fraction of sp³-hybridized carbons (Fsp3) is 0.167. The molecule has 0 aliphatic carbocycles. The number of nitrogens with one attached hydrogen (secondary N) is 1. The number of rotatable bonds is 4.